The second kappa shape index (κ2) is 17.9. The molecular weight excluding hydrogens is 348 g/mol. The van der Waals surface area contributed by atoms with Crippen LogP contribution in [-0.4, -0.2) is 33.6 Å². The molecule has 0 unspecified atom stereocenters. The highest BCUT2D eigenvalue weighted by Crippen LogP contribution is 2.14. The number of Topliss-reactive ketones (excluding diaryl/α,β-unsaturated/α-hetero) is 1. The van der Waals surface area contributed by atoms with E-state index in [9.17, 15) is 4.79 Å². The molecule has 0 spiro atoms. The SMILES string of the molecule is CCCCCCCCCCCC(=O)C(N)(N)CCCCC.O=C(O)C(=O)O. The average molecular weight is 389 g/mol. The largest absolute Gasteiger partial charge is 0.473 e. The Kier molecular flexibility index (Phi) is 18.4. The highest BCUT2D eigenvalue weighted by atomic mass is 16.4. The van der Waals surface area contributed by atoms with E-state index in [4.69, 9.17) is 31.3 Å². The Morgan fingerprint density at radius 1 is 0.667 bits per heavy atom. The van der Waals surface area contributed by atoms with Gasteiger partial charge in [-0.2, -0.15) is 0 Å². The Morgan fingerprint density at radius 2 is 1.04 bits per heavy atom. The zero-order valence-corrected chi connectivity index (χ0v) is 17.2. The highest BCUT2D eigenvalue weighted by Gasteiger charge is 2.27. The fourth-order valence-electron chi connectivity index (χ4n) is 2.64. The summed E-state index contributed by atoms with van der Waals surface area (Å²) in [6.45, 7) is 4.38. The van der Waals surface area contributed by atoms with Crippen LogP contribution >= 0.6 is 0 Å². The lowest BCUT2D eigenvalue weighted by atomic mass is 9.95. The Bertz CT molecular complexity index is 399. The third-order valence-electron chi connectivity index (χ3n) is 4.40. The number of ketones is 1. The maximum absolute atomic E-state index is 12.0. The van der Waals surface area contributed by atoms with Gasteiger partial charge in [-0.3, -0.25) is 4.79 Å². The van der Waals surface area contributed by atoms with Gasteiger partial charge in [-0.1, -0.05) is 78.1 Å². The number of rotatable bonds is 15. The van der Waals surface area contributed by atoms with Gasteiger partial charge in [0.05, 0.1) is 0 Å². The van der Waals surface area contributed by atoms with Crippen LogP contribution in [0.5, 0.6) is 0 Å². The lowest BCUT2D eigenvalue weighted by Crippen LogP contribution is -2.56. The van der Waals surface area contributed by atoms with Gasteiger partial charge in [0, 0.05) is 6.42 Å². The molecule has 0 aromatic carbocycles. The number of carboxylic acid groups (broad SMARTS) is 2. The summed E-state index contributed by atoms with van der Waals surface area (Å²) in [6, 6.07) is 0. The van der Waals surface area contributed by atoms with Gasteiger partial charge >= 0.3 is 11.9 Å². The maximum Gasteiger partial charge on any atom is 0.414 e. The van der Waals surface area contributed by atoms with Crippen molar-refractivity contribution in [2.24, 2.45) is 11.5 Å². The van der Waals surface area contributed by atoms with Gasteiger partial charge < -0.3 is 21.7 Å². The van der Waals surface area contributed by atoms with Crippen molar-refractivity contribution in [2.75, 3.05) is 0 Å². The van der Waals surface area contributed by atoms with Crippen molar-refractivity contribution < 1.29 is 24.6 Å². The molecule has 0 aromatic rings. The third kappa shape index (κ3) is 19.1. The number of carbonyl (C=O) groups excluding carboxylic acids is 1. The molecule has 0 fully saturated rings. The first kappa shape index (κ1) is 27.7. The van der Waals surface area contributed by atoms with Gasteiger partial charge in [-0.05, 0) is 19.3 Å². The number of unbranched alkanes of at least 4 members (excludes halogenated alkanes) is 10. The first-order valence-electron chi connectivity index (χ1n) is 10.3. The molecule has 0 amide bonds. The molecular formula is C20H40N2O5. The lowest BCUT2D eigenvalue weighted by molar-refractivity contribution is -0.159. The second-order valence-electron chi connectivity index (χ2n) is 7.11. The predicted octanol–water partition coefficient (Wildman–Crippen LogP) is 3.83. The molecule has 27 heavy (non-hydrogen) atoms. The number of hydrogen-bond donors (Lipinski definition) is 4. The van der Waals surface area contributed by atoms with Crippen molar-refractivity contribution >= 4 is 17.7 Å². The Morgan fingerprint density at radius 3 is 1.44 bits per heavy atom. The van der Waals surface area contributed by atoms with E-state index in [-0.39, 0.29) is 5.78 Å². The number of nitrogens with two attached hydrogens (primary N) is 2. The molecule has 0 aliphatic heterocycles. The van der Waals surface area contributed by atoms with E-state index < -0.39 is 17.6 Å². The highest BCUT2D eigenvalue weighted by molar-refractivity contribution is 6.27. The van der Waals surface area contributed by atoms with Crippen LogP contribution in [0.25, 0.3) is 0 Å². The van der Waals surface area contributed by atoms with Crippen LogP contribution in [0.4, 0.5) is 0 Å². The molecule has 6 N–H and O–H groups in total. The Balaban J connectivity index is 0. The molecule has 0 radical (unpaired) electrons. The Labute approximate surface area is 163 Å². The molecule has 7 heteroatoms. The van der Waals surface area contributed by atoms with E-state index in [0.29, 0.717) is 12.8 Å². The molecule has 0 saturated heterocycles. The minimum absolute atomic E-state index is 0.0431. The second-order valence-corrected chi connectivity index (χ2v) is 7.11. The summed E-state index contributed by atoms with van der Waals surface area (Å²) in [6.07, 6.45) is 15.7. The van der Waals surface area contributed by atoms with Crippen LogP contribution in [0.15, 0.2) is 0 Å². The minimum atomic E-state index is -1.82. The zero-order chi connectivity index (χ0) is 21.1. The minimum Gasteiger partial charge on any atom is -0.473 e. The van der Waals surface area contributed by atoms with E-state index in [1.165, 1.54) is 44.9 Å². The summed E-state index contributed by atoms with van der Waals surface area (Å²) in [4.78, 5) is 30.2. The van der Waals surface area contributed by atoms with Crippen LogP contribution in [0.1, 0.15) is 104 Å². The fourth-order valence-corrected chi connectivity index (χ4v) is 2.64. The standard InChI is InChI=1S/C18H38N2O.C2H2O4/c1-3-5-7-8-9-10-11-12-13-15-17(21)18(19,20)16-14-6-4-2;3-1(4)2(5)6/h3-16,19-20H2,1-2H3;(H,3,4)(H,5,6). The molecule has 0 rings (SSSR count). The smallest absolute Gasteiger partial charge is 0.414 e. The summed E-state index contributed by atoms with van der Waals surface area (Å²) in [7, 11) is 0. The molecule has 0 aromatic heterocycles. The van der Waals surface area contributed by atoms with Gasteiger partial charge in [0.15, 0.2) is 5.78 Å². The van der Waals surface area contributed by atoms with E-state index >= 15 is 0 Å². The monoisotopic (exact) mass is 388 g/mol. The molecule has 0 saturated carbocycles. The zero-order valence-electron chi connectivity index (χ0n) is 17.2. The topological polar surface area (TPSA) is 144 Å². The van der Waals surface area contributed by atoms with Crippen LogP contribution in [0.2, 0.25) is 0 Å². The first-order chi connectivity index (χ1) is 12.7. The number of aliphatic carboxylic acids is 2. The molecule has 160 valence electrons. The molecule has 0 aliphatic carbocycles. The molecule has 0 bridgehead atoms. The van der Waals surface area contributed by atoms with E-state index in [2.05, 4.69) is 13.8 Å². The van der Waals surface area contributed by atoms with E-state index in [1.54, 1.807) is 0 Å². The maximum atomic E-state index is 12.0. The van der Waals surface area contributed by atoms with Crippen molar-refractivity contribution in [3.05, 3.63) is 0 Å². The van der Waals surface area contributed by atoms with Crippen molar-refractivity contribution in [2.45, 2.75) is 109 Å². The normalized spacial score (nSPS) is 10.8. The summed E-state index contributed by atoms with van der Waals surface area (Å²) in [5, 5.41) is 14.8. The molecule has 7 nitrogen and oxygen atoms in total. The van der Waals surface area contributed by atoms with Crippen LogP contribution in [-0.2, 0) is 14.4 Å². The molecule has 0 atom stereocenters. The summed E-state index contributed by atoms with van der Waals surface area (Å²) in [5.74, 6) is -3.61. The number of hydrogen-bond acceptors (Lipinski definition) is 5. The summed E-state index contributed by atoms with van der Waals surface area (Å²) in [5.41, 5.74) is 10.8. The lowest BCUT2D eigenvalue weighted by Gasteiger charge is -2.22. The van der Waals surface area contributed by atoms with Gasteiger partial charge in [0.25, 0.3) is 0 Å². The van der Waals surface area contributed by atoms with Crippen molar-refractivity contribution in [1.29, 1.82) is 0 Å². The van der Waals surface area contributed by atoms with Gasteiger partial charge in [0.1, 0.15) is 5.66 Å². The van der Waals surface area contributed by atoms with E-state index in [0.717, 1.165) is 32.1 Å². The van der Waals surface area contributed by atoms with Crippen molar-refractivity contribution in [3.63, 3.8) is 0 Å². The molecule has 0 heterocycles. The van der Waals surface area contributed by atoms with Crippen LogP contribution in [0.3, 0.4) is 0 Å². The van der Waals surface area contributed by atoms with Gasteiger partial charge in [0.2, 0.25) is 0 Å². The van der Waals surface area contributed by atoms with Gasteiger partial charge in [-0.15, -0.1) is 0 Å². The van der Waals surface area contributed by atoms with Crippen LogP contribution < -0.4 is 11.5 Å². The van der Waals surface area contributed by atoms with Crippen molar-refractivity contribution in [1.82, 2.24) is 0 Å². The quantitative estimate of drug-likeness (QED) is 0.189. The first-order valence-corrected chi connectivity index (χ1v) is 10.3. The Hall–Kier alpha value is -1.47. The van der Waals surface area contributed by atoms with Crippen LogP contribution in [0, 0.1) is 0 Å². The molecule has 0 aliphatic rings. The third-order valence-corrected chi connectivity index (χ3v) is 4.40. The number of carbonyl (C=O) groups is 3. The summed E-state index contributed by atoms with van der Waals surface area (Å²) < 4.78 is 0. The number of carboxylic acids is 2. The van der Waals surface area contributed by atoms with Crippen molar-refractivity contribution in [3.8, 4) is 0 Å². The summed E-state index contributed by atoms with van der Waals surface area (Å²) >= 11 is 0. The van der Waals surface area contributed by atoms with Gasteiger partial charge in [-0.25, -0.2) is 9.59 Å². The predicted molar refractivity (Wildman–Crippen MR) is 107 cm³/mol. The average Bonchev–Trinajstić information content (AvgIpc) is 2.60. The van der Waals surface area contributed by atoms with E-state index in [1.807, 2.05) is 0 Å². The fraction of sp³-hybridized carbons (Fsp3) is 0.850.